The second-order valence-corrected chi connectivity index (χ2v) is 7.44. The van der Waals surface area contributed by atoms with Gasteiger partial charge >= 0.3 is 6.03 Å². The average molecular weight is 399 g/mol. The van der Waals surface area contributed by atoms with E-state index in [4.69, 9.17) is 0 Å². The maximum atomic E-state index is 14.2. The lowest BCUT2D eigenvalue weighted by molar-refractivity contribution is -0.131. The SMILES string of the molecule is CC1(c2cc(F)ccc2F)NC(=O)N(Cc2csc(-c3ccccc3)n2)C1=O. The van der Waals surface area contributed by atoms with E-state index in [1.54, 1.807) is 5.38 Å². The molecule has 2 heterocycles. The van der Waals surface area contributed by atoms with E-state index in [1.807, 2.05) is 30.3 Å². The number of urea groups is 1. The molecule has 0 aliphatic carbocycles. The van der Waals surface area contributed by atoms with Gasteiger partial charge in [-0.05, 0) is 25.1 Å². The van der Waals surface area contributed by atoms with E-state index < -0.39 is 29.1 Å². The molecular formula is C20H15F2N3O2S. The van der Waals surface area contributed by atoms with E-state index in [0.717, 1.165) is 33.7 Å². The molecule has 5 nitrogen and oxygen atoms in total. The van der Waals surface area contributed by atoms with Crippen LogP contribution in [0.25, 0.3) is 10.6 Å². The minimum absolute atomic E-state index is 0.0550. The zero-order valence-electron chi connectivity index (χ0n) is 14.8. The first-order valence-corrected chi connectivity index (χ1v) is 9.36. The molecule has 8 heteroatoms. The molecule has 142 valence electrons. The Bertz CT molecular complexity index is 1070. The summed E-state index contributed by atoms with van der Waals surface area (Å²) in [7, 11) is 0. The summed E-state index contributed by atoms with van der Waals surface area (Å²) >= 11 is 1.40. The molecule has 1 aliphatic heterocycles. The highest BCUT2D eigenvalue weighted by atomic mass is 32.1. The van der Waals surface area contributed by atoms with Gasteiger partial charge in [-0.2, -0.15) is 0 Å². The second kappa shape index (κ2) is 6.79. The second-order valence-electron chi connectivity index (χ2n) is 6.58. The first-order valence-electron chi connectivity index (χ1n) is 8.48. The third-order valence-electron chi connectivity index (χ3n) is 4.63. The quantitative estimate of drug-likeness (QED) is 0.673. The Labute approximate surface area is 163 Å². The van der Waals surface area contributed by atoms with E-state index in [-0.39, 0.29) is 12.1 Å². The Morgan fingerprint density at radius 2 is 1.89 bits per heavy atom. The summed E-state index contributed by atoms with van der Waals surface area (Å²) in [6.07, 6.45) is 0. The zero-order chi connectivity index (χ0) is 19.9. The smallest absolute Gasteiger partial charge is 0.319 e. The predicted octanol–water partition coefficient (Wildman–Crippen LogP) is 4.06. The lowest BCUT2D eigenvalue weighted by atomic mass is 9.91. The van der Waals surface area contributed by atoms with Crippen molar-refractivity contribution >= 4 is 23.3 Å². The van der Waals surface area contributed by atoms with Crippen LogP contribution in [0.2, 0.25) is 0 Å². The van der Waals surface area contributed by atoms with Crippen LogP contribution >= 0.6 is 11.3 Å². The molecule has 4 rings (SSSR count). The van der Waals surface area contributed by atoms with Crippen LogP contribution in [0.4, 0.5) is 13.6 Å². The Balaban J connectivity index is 1.60. The number of imide groups is 1. The van der Waals surface area contributed by atoms with Gasteiger partial charge in [0.15, 0.2) is 0 Å². The van der Waals surface area contributed by atoms with Crippen LogP contribution < -0.4 is 5.32 Å². The zero-order valence-corrected chi connectivity index (χ0v) is 15.6. The molecule has 1 aromatic heterocycles. The van der Waals surface area contributed by atoms with Crippen LogP contribution in [0.1, 0.15) is 18.2 Å². The molecule has 0 saturated carbocycles. The molecule has 0 radical (unpaired) electrons. The summed E-state index contributed by atoms with van der Waals surface area (Å²) in [6, 6.07) is 11.7. The molecule has 1 saturated heterocycles. The third-order valence-corrected chi connectivity index (χ3v) is 5.57. The van der Waals surface area contributed by atoms with Crippen LogP contribution in [-0.2, 0) is 16.9 Å². The predicted molar refractivity (Wildman–Crippen MR) is 100 cm³/mol. The Morgan fingerprint density at radius 3 is 2.64 bits per heavy atom. The highest BCUT2D eigenvalue weighted by Crippen LogP contribution is 2.32. The fraction of sp³-hybridized carbons (Fsp3) is 0.150. The molecule has 0 bridgehead atoms. The Morgan fingerprint density at radius 1 is 1.14 bits per heavy atom. The van der Waals surface area contributed by atoms with Crippen molar-refractivity contribution in [3.8, 4) is 10.6 Å². The number of thiazole rings is 1. The minimum Gasteiger partial charge on any atom is -0.319 e. The molecular weight excluding hydrogens is 384 g/mol. The normalized spacial score (nSPS) is 19.2. The van der Waals surface area contributed by atoms with Gasteiger partial charge in [0.05, 0.1) is 12.2 Å². The van der Waals surface area contributed by atoms with Crippen molar-refractivity contribution in [1.29, 1.82) is 0 Å². The number of amides is 3. The molecule has 1 unspecified atom stereocenters. The van der Waals surface area contributed by atoms with Crippen molar-refractivity contribution in [3.05, 3.63) is 76.8 Å². The third kappa shape index (κ3) is 3.05. The van der Waals surface area contributed by atoms with E-state index in [9.17, 15) is 18.4 Å². The molecule has 2 aromatic carbocycles. The van der Waals surface area contributed by atoms with E-state index in [2.05, 4.69) is 10.3 Å². The number of rotatable bonds is 4. The van der Waals surface area contributed by atoms with Crippen LogP contribution in [0.15, 0.2) is 53.9 Å². The maximum absolute atomic E-state index is 14.2. The van der Waals surface area contributed by atoms with Gasteiger partial charge in [0.1, 0.15) is 22.2 Å². The number of hydrogen-bond acceptors (Lipinski definition) is 4. The number of nitrogens with zero attached hydrogens (tertiary/aromatic N) is 2. The molecule has 1 N–H and O–H groups in total. The number of carbonyl (C=O) groups is 2. The van der Waals surface area contributed by atoms with Crippen LogP contribution in [-0.4, -0.2) is 21.8 Å². The summed E-state index contributed by atoms with van der Waals surface area (Å²) in [6.45, 7) is 1.31. The lowest BCUT2D eigenvalue weighted by Crippen LogP contribution is -2.41. The number of hydrogen-bond donors (Lipinski definition) is 1. The van der Waals surface area contributed by atoms with Gasteiger partial charge in [-0.1, -0.05) is 30.3 Å². The van der Waals surface area contributed by atoms with Gasteiger partial charge in [0.25, 0.3) is 5.91 Å². The average Bonchev–Trinajstić information content (AvgIpc) is 3.24. The lowest BCUT2D eigenvalue weighted by Gasteiger charge is -2.22. The van der Waals surface area contributed by atoms with Gasteiger partial charge in [-0.15, -0.1) is 11.3 Å². The van der Waals surface area contributed by atoms with Crippen molar-refractivity contribution in [2.45, 2.75) is 19.0 Å². The van der Waals surface area contributed by atoms with Crippen molar-refractivity contribution in [3.63, 3.8) is 0 Å². The summed E-state index contributed by atoms with van der Waals surface area (Å²) in [5.41, 5.74) is -0.419. The molecule has 1 atom stereocenters. The van der Waals surface area contributed by atoms with Gasteiger partial charge in [0.2, 0.25) is 0 Å². The summed E-state index contributed by atoms with van der Waals surface area (Å²) in [4.78, 5) is 30.8. The summed E-state index contributed by atoms with van der Waals surface area (Å²) in [5, 5.41) is 5.01. The van der Waals surface area contributed by atoms with Crippen molar-refractivity contribution in [2.24, 2.45) is 0 Å². The maximum Gasteiger partial charge on any atom is 0.325 e. The number of benzene rings is 2. The van der Waals surface area contributed by atoms with Crippen LogP contribution in [0.5, 0.6) is 0 Å². The van der Waals surface area contributed by atoms with Gasteiger partial charge < -0.3 is 5.32 Å². The van der Waals surface area contributed by atoms with E-state index in [1.165, 1.54) is 18.3 Å². The highest BCUT2D eigenvalue weighted by Gasteiger charge is 2.50. The largest absolute Gasteiger partial charge is 0.325 e. The first kappa shape index (κ1) is 18.2. The molecule has 0 spiro atoms. The summed E-state index contributed by atoms with van der Waals surface area (Å²) in [5.74, 6) is -2.11. The van der Waals surface area contributed by atoms with Crippen molar-refractivity contribution < 1.29 is 18.4 Å². The van der Waals surface area contributed by atoms with Gasteiger partial charge in [0, 0.05) is 16.5 Å². The van der Waals surface area contributed by atoms with Crippen molar-refractivity contribution in [2.75, 3.05) is 0 Å². The highest BCUT2D eigenvalue weighted by molar-refractivity contribution is 7.13. The molecule has 1 fully saturated rings. The Kier molecular flexibility index (Phi) is 4.43. The molecule has 3 aromatic rings. The number of aromatic nitrogens is 1. The first-order chi connectivity index (χ1) is 13.4. The fourth-order valence-corrected chi connectivity index (χ4v) is 3.98. The molecule has 28 heavy (non-hydrogen) atoms. The molecule has 1 aliphatic rings. The minimum atomic E-state index is -1.68. The van der Waals surface area contributed by atoms with Crippen LogP contribution in [0, 0.1) is 11.6 Å². The van der Waals surface area contributed by atoms with E-state index in [0.29, 0.717) is 5.69 Å². The fourth-order valence-electron chi connectivity index (χ4n) is 3.16. The standard InChI is InChI=1S/C20H15F2N3O2S/c1-20(15-9-13(21)7-8-16(15)22)18(26)25(19(27)24-20)10-14-11-28-17(23-14)12-5-3-2-4-6-12/h2-9,11H,10H2,1H3,(H,24,27). The topological polar surface area (TPSA) is 62.3 Å². The van der Waals surface area contributed by atoms with E-state index >= 15 is 0 Å². The van der Waals surface area contributed by atoms with Gasteiger partial charge in [-0.25, -0.2) is 18.6 Å². The molecule has 3 amide bonds. The Hall–Kier alpha value is -3.13. The summed E-state index contributed by atoms with van der Waals surface area (Å²) < 4.78 is 27.8. The monoisotopic (exact) mass is 399 g/mol. The number of carbonyl (C=O) groups excluding carboxylic acids is 2. The van der Waals surface area contributed by atoms with Crippen molar-refractivity contribution in [1.82, 2.24) is 15.2 Å². The van der Waals surface area contributed by atoms with Gasteiger partial charge in [-0.3, -0.25) is 9.69 Å². The number of halogens is 2. The van der Waals surface area contributed by atoms with Crippen LogP contribution in [0.3, 0.4) is 0 Å². The number of nitrogens with one attached hydrogen (secondary N) is 1.